The minimum absolute atomic E-state index is 0.252. The molecule has 3 aromatic rings. The molecule has 31 heavy (non-hydrogen) atoms. The molecule has 9 heteroatoms. The lowest BCUT2D eigenvalue weighted by Crippen LogP contribution is -2.30. The van der Waals surface area contributed by atoms with Gasteiger partial charge in [0.15, 0.2) is 18.1 Å². The zero-order chi connectivity index (χ0) is 22.0. The van der Waals surface area contributed by atoms with E-state index >= 15 is 0 Å². The molecule has 1 aromatic carbocycles. The van der Waals surface area contributed by atoms with Gasteiger partial charge in [-0.05, 0) is 56.4 Å². The summed E-state index contributed by atoms with van der Waals surface area (Å²) in [5.74, 6) is -1.65. The minimum atomic E-state index is -1.06. The molecule has 1 N–H and O–H groups in total. The number of hydrogen-bond acceptors (Lipinski definition) is 8. The van der Waals surface area contributed by atoms with Gasteiger partial charge in [-0.1, -0.05) is 6.42 Å². The maximum Gasteiger partial charge on any atom is 0.341 e. The fraction of sp³-hybridized carbons (Fsp3) is 0.364. The second kappa shape index (κ2) is 8.89. The van der Waals surface area contributed by atoms with Crippen molar-refractivity contribution in [1.29, 1.82) is 0 Å². The number of benzene rings is 1. The van der Waals surface area contributed by atoms with Crippen LogP contribution in [-0.4, -0.2) is 36.0 Å². The molecule has 8 nitrogen and oxygen atoms in total. The van der Waals surface area contributed by atoms with Crippen LogP contribution in [0, 0.1) is 0 Å². The number of hydrogen-bond donors (Lipinski definition) is 1. The molecule has 0 saturated heterocycles. The molecule has 1 aliphatic rings. The van der Waals surface area contributed by atoms with Gasteiger partial charge in [-0.15, -0.1) is 11.3 Å². The molecule has 0 fully saturated rings. The van der Waals surface area contributed by atoms with Crippen LogP contribution in [0.3, 0.4) is 0 Å². The monoisotopic (exact) mass is 442 g/mol. The number of nitrogens with zero attached hydrogens (tertiary/aromatic N) is 1. The van der Waals surface area contributed by atoms with Crippen molar-refractivity contribution in [2.75, 3.05) is 12.4 Å². The normalized spacial score (nSPS) is 14.4. The summed E-state index contributed by atoms with van der Waals surface area (Å²) >= 11 is 1.39. The van der Waals surface area contributed by atoms with Crippen LogP contribution in [0.1, 0.15) is 57.3 Å². The van der Waals surface area contributed by atoms with Gasteiger partial charge >= 0.3 is 11.9 Å². The molecule has 0 bridgehead atoms. The highest BCUT2D eigenvalue weighted by atomic mass is 32.1. The van der Waals surface area contributed by atoms with Crippen LogP contribution in [0.25, 0.3) is 11.1 Å². The van der Waals surface area contributed by atoms with Crippen LogP contribution < -0.4 is 5.32 Å². The van der Waals surface area contributed by atoms with Crippen LogP contribution in [-0.2, 0) is 27.1 Å². The Bertz CT molecular complexity index is 1150. The number of aromatic nitrogens is 1. The molecular weight excluding hydrogens is 420 g/mol. The van der Waals surface area contributed by atoms with Crippen LogP contribution in [0.15, 0.2) is 29.0 Å². The van der Waals surface area contributed by atoms with Gasteiger partial charge in [0.2, 0.25) is 0 Å². The van der Waals surface area contributed by atoms with Gasteiger partial charge in [-0.2, -0.15) is 0 Å². The van der Waals surface area contributed by atoms with E-state index in [1.807, 2.05) is 0 Å². The van der Waals surface area contributed by atoms with E-state index in [1.54, 1.807) is 12.1 Å². The summed E-state index contributed by atoms with van der Waals surface area (Å²) in [7, 11) is 1.32. The van der Waals surface area contributed by atoms with Gasteiger partial charge in [0.25, 0.3) is 5.91 Å². The minimum Gasteiger partial charge on any atom is -0.465 e. The van der Waals surface area contributed by atoms with Gasteiger partial charge in [-0.3, -0.25) is 4.79 Å². The first-order valence-electron chi connectivity index (χ1n) is 10.1. The molecule has 0 radical (unpaired) electrons. The molecule has 4 rings (SSSR count). The quantitative estimate of drug-likeness (QED) is 0.467. The summed E-state index contributed by atoms with van der Waals surface area (Å²) in [4.78, 5) is 42.7. The number of methoxy groups -OCH3 is 1. The van der Waals surface area contributed by atoms with Crippen molar-refractivity contribution < 1.29 is 28.3 Å². The fourth-order valence-corrected chi connectivity index (χ4v) is 4.91. The van der Waals surface area contributed by atoms with Crippen LogP contribution >= 0.6 is 11.3 Å². The Morgan fingerprint density at radius 3 is 2.77 bits per heavy atom. The van der Waals surface area contributed by atoms with Crippen LogP contribution in [0.2, 0.25) is 0 Å². The van der Waals surface area contributed by atoms with Crippen LogP contribution in [0.5, 0.6) is 0 Å². The highest BCUT2D eigenvalue weighted by Crippen LogP contribution is 2.38. The molecule has 162 valence electrons. The van der Waals surface area contributed by atoms with Crippen molar-refractivity contribution in [2.45, 2.75) is 45.1 Å². The number of rotatable bonds is 5. The molecule has 1 unspecified atom stereocenters. The highest BCUT2D eigenvalue weighted by molar-refractivity contribution is 7.17. The zero-order valence-electron chi connectivity index (χ0n) is 17.2. The first-order chi connectivity index (χ1) is 15.0. The van der Waals surface area contributed by atoms with Crippen molar-refractivity contribution in [1.82, 2.24) is 4.98 Å². The zero-order valence-corrected chi connectivity index (χ0v) is 18.0. The molecular formula is C22H22N2O6S. The van der Waals surface area contributed by atoms with Gasteiger partial charge < -0.3 is 19.2 Å². The SMILES string of the molecule is COC(=O)c1c(NC(=O)C(C)OC(=O)c2ccc3ncoc3c2)sc2c1CCCCC2. The number of ether oxygens (including phenoxy) is 2. The largest absolute Gasteiger partial charge is 0.465 e. The van der Waals surface area contributed by atoms with E-state index in [0.717, 1.165) is 42.5 Å². The molecule has 1 aliphatic carbocycles. The summed E-state index contributed by atoms with van der Waals surface area (Å²) in [6.07, 6.45) is 5.02. The summed E-state index contributed by atoms with van der Waals surface area (Å²) in [5.41, 5.74) is 2.69. The van der Waals surface area contributed by atoms with Crippen molar-refractivity contribution in [3.05, 3.63) is 46.2 Å². The first-order valence-corrected chi connectivity index (χ1v) is 10.9. The second-order valence-electron chi connectivity index (χ2n) is 7.33. The number of carbonyl (C=O) groups is 3. The van der Waals surface area contributed by atoms with E-state index in [-0.39, 0.29) is 5.56 Å². The van der Waals surface area contributed by atoms with E-state index in [0.29, 0.717) is 21.7 Å². The maximum atomic E-state index is 12.7. The topological polar surface area (TPSA) is 108 Å². The predicted octanol–water partition coefficient (Wildman–Crippen LogP) is 4.13. The molecule has 2 heterocycles. The van der Waals surface area contributed by atoms with Gasteiger partial charge in [0.05, 0.1) is 18.2 Å². The molecule has 0 spiro atoms. The number of nitrogens with one attached hydrogen (secondary N) is 1. The maximum absolute atomic E-state index is 12.7. The standard InChI is InChI=1S/C22H22N2O6S/c1-12(30-21(26)13-8-9-15-16(10-13)29-11-23-15)19(25)24-20-18(22(27)28-2)14-6-4-3-5-7-17(14)31-20/h8-12H,3-7H2,1-2H3,(H,24,25). The smallest absolute Gasteiger partial charge is 0.341 e. The third-order valence-corrected chi connectivity index (χ3v) is 6.47. The third-order valence-electron chi connectivity index (χ3n) is 5.27. The Morgan fingerprint density at radius 2 is 1.97 bits per heavy atom. The Balaban J connectivity index is 1.49. The van der Waals surface area contributed by atoms with E-state index in [1.165, 1.54) is 37.8 Å². The number of fused-ring (bicyclic) bond motifs is 2. The van der Waals surface area contributed by atoms with Gasteiger partial charge in [-0.25, -0.2) is 14.6 Å². The van der Waals surface area contributed by atoms with E-state index < -0.39 is 23.9 Å². The van der Waals surface area contributed by atoms with Gasteiger partial charge in [0.1, 0.15) is 10.5 Å². The fourth-order valence-electron chi connectivity index (χ4n) is 3.63. The lowest BCUT2D eigenvalue weighted by Gasteiger charge is -2.14. The van der Waals surface area contributed by atoms with Crippen LogP contribution in [0.4, 0.5) is 5.00 Å². The number of esters is 2. The number of amides is 1. The molecule has 0 aliphatic heterocycles. The third kappa shape index (κ3) is 4.32. The van der Waals surface area contributed by atoms with E-state index in [2.05, 4.69) is 10.3 Å². The summed E-state index contributed by atoms with van der Waals surface area (Å²) in [6.45, 7) is 1.48. The molecule has 2 aromatic heterocycles. The van der Waals surface area contributed by atoms with Crippen molar-refractivity contribution in [3.8, 4) is 0 Å². The summed E-state index contributed by atoms with van der Waals surface area (Å²) < 4.78 is 15.5. The van der Waals surface area contributed by atoms with E-state index in [4.69, 9.17) is 13.9 Å². The average molecular weight is 442 g/mol. The Labute approximate surface area is 182 Å². The number of carbonyl (C=O) groups excluding carboxylic acids is 3. The van der Waals surface area contributed by atoms with Gasteiger partial charge in [0, 0.05) is 4.88 Å². The Hall–Kier alpha value is -3.20. The van der Waals surface area contributed by atoms with E-state index in [9.17, 15) is 14.4 Å². The Kier molecular flexibility index (Phi) is 6.03. The highest BCUT2D eigenvalue weighted by Gasteiger charge is 2.28. The number of anilines is 1. The summed E-state index contributed by atoms with van der Waals surface area (Å²) in [6, 6.07) is 4.71. The number of oxazole rings is 1. The molecule has 0 saturated carbocycles. The lowest BCUT2D eigenvalue weighted by atomic mass is 10.1. The summed E-state index contributed by atoms with van der Waals surface area (Å²) in [5, 5.41) is 3.20. The van der Waals surface area contributed by atoms with Crippen molar-refractivity contribution >= 4 is 45.3 Å². The lowest BCUT2D eigenvalue weighted by molar-refractivity contribution is -0.123. The average Bonchev–Trinajstić information content (AvgIpc) is 3.30. The first kappa shape index (κ1) is 21.0. The Morgan fingerprint density at radius 1 is 1.16 bits per heavy atom. The van der Waals surface area contributed by atoms with Crippen molar-refractivity contribution in [3.63, 3.8) is 0 Å². The second-order valence-corrected chi connectivity index (χ2v) is 8.44. The molecule has 1 atom stereocenters. The predicted molar refractivity (Wildman–Crippen MR) is 114 cm³/mol. The van der Waals surface area contributed by atoms with Crippen molar-refractivity contribution in [2.24, 2.45) is 0 Å². The molecule has 1 amide bonds. The number of aryl methyl sites for hydroxylation is 1. The number of thiophene rings is 1.